The molecule has 0 radical (unpaired) electrons. The molecule has 5 heteroatoms. The Balaban J connectivity index is 1.97. The first-order valence-electron chi connectivity index (χ1n) is 6.47. The molecule has 0 amide bonds. The van der Waals surface area contributed by atoms with Crippen molar-refractivity contribution >= 4 is 28.2 Å². The number of pyridine rings is 2. The molecule has 3 heterocycles. The van der Waals surface area contributed by atoms with Crippen molar-refractivity contribution in [1.29, 1.82) is 0 Å². The number of aromatic nitrogens is 3. The molecule has 102 valence electrons. The SMILES string of the molecule is O=c1ccc2cc(-c3cn4ccccc4n3)cc(Cl)c2[nH]1. The lowest BCUT2D eigenvalue weighted by Gasteiger charge is -2.03. The van der Waals surface area contributed by atoms with Gasteiger partial charge in [0, 0.05) is 29.4 Å². The van der Waals surface area contributed by atoms with E-state index in [1.54, 1.807) is 6.07 Å². The van der Waals surface area contributed by atoms with Crippen molar-refractivity contribution in [3.63, 3.8) is 0 Å². The third kappa shape index (κ3) is 2.00. The molecule has 4 rings (SSSR count). The van der Waals surface area contributed by atoms with Crippen LogP contribution in [0, 0.1) is 0 Å². The van der Waals surface area contributed by atoms with Crippen molar-refractivity contribution in [2.75, 3.05) is 0 Å². The Morgan fingerprint density at radius 2 is 2.05 bits per heavy atom. The second-order valence-corrected chi connectivity index (χ2v) is 5.24. The summed E-state index contributed by atoms with van der Waals surface area (Å²) in [4.78, 5) is 18.7. The van der Waals surface area contributed by atoms with Crippen LogP contribution in [0.1, 0.15) is 0 Å². The van der Waals surface area contributed by atoms with Gasteiger partial charge in [-0.3, -0.25) is 4.79 Å². The van der Waals surface area contributed by atoms with E-state index in [1.165, 1.54) is 6.07 Å². The predicted octanol–water partition coefficient (Wildman–Crippen LogP) is 3.50. The van der Waals surface area contributed by atoms with Crippen molar-refractivity contribution < 1.29 is 0 Å². The monoisotopic (exact) mass is 295 g/mol. The minimum atomic E-state index is -0.162. The van der Waals surface area contributed by atoms with Gasteiger partial charge in [-0.25, -0.2) is 4.98 Å². The summed E-state index contributed by atoms with van der Waals surface area (Å²) >= 11 is 6.28. The number of imidazole rings is 1. The maximum Gasteiger partial charge on any atom is 0.248 e. The van der Waals surface area contributed by atoms with Crippen molar-refractivity contribution in [2.24, 2.45) is 0 Å². The zero-order valence-electron chi connectivity index (χ0n) is 10.9. The first-order valence-corrected chi connectivity index (χ1v) is 6.85. The number of rotatable bonds is 1. The molecule has 4 nitrogen and oxygen atoms in total. The lowest BCUT2D eigenvalue weighted by Crippen LogP contribution is -2.02. The van der Waals surface area contributed by atoms with Crippen LogP contribution in [-0.4, -0.2) is 14.4 Å². The van der Waals surface area contributed by atoms with Crippen LogP contribution < -0.4 is 5.56 Å². The van der Waals surface area contributed by atoms with Gasteiger partial charge in [0.25, 0.3) is 0 Å². The highest BCUT2D eigenvalue weighted by Gasteiger charge is 2.08. The van der Waals surface area contributed by atoms with Crippen LogP contribution >= 0.6 is 11.6 Å². The van der Waals surface area contributed by atoms with Crippen molar-refractivity contribution in [1.82, 2.24) is 14.4 Å². The molecule has 0 aliphatic heterocycles. The Kier molecular flexibility index (Phi) is 2.59. The van der Waals surface area contributed by atoms with Crippen LogP contribution in [0.15, 0.2) is 59.7 Å². The van der Waals surface area contributed by atoms with E-state index >= 15 is 0 Å². The first kappa shape index (κ1) is 12.2. The predicted molar refractivity (Wildman–Crippen MR) is 83.8 cm³/mol. The van der Waals surface area contributed by atoms with E-state index in [1.807, 2.05) is 47.1 Å². The molecular formula is C16H10ClN3O. The summed E-state index contributed by atoms with van der Waals surface area (Å²) in [5, 5.41) is 1.39. The number of hydrogen-bond donors (Lipinski definition) is 1. The van der Waals surface area contributed by atoms with Crippen LogP contribution in [0.5, 0.6) is 0 Å². The summed E-state index contributed by atoms with van der Waals surface area (Å²) < 4.78 is 1.96. The van der Waals surface area contributed by atoms with Crippen LogP contribution in [0.4, 0.5) is 0 Å². The maximum absolute atomic E-state index is 11.4. The van der Waals surface area contributed by atoms with E-state index in [0.717, 1.165) is 22.3 Å². The zero-order valence-corrected chi connectivity index (χ0v) is 11.6. The van der Waals surface area contributed by atoms with Gasteiger partial charge in [-0.05, 0) is 30.3 Å². The highest BCUT2D eigenvalue weighted by molar-refractivity contribution is 6.35. The van der Waals surface area contributed by atoms with Crippen molar-refractivity contribution in [2.45, 2.75) is 0 Å². The van der Waals surface area contributed by atoms with E-state index in [9.17, 15) is 4.79 Å². The first-order chi connectivity index (χ1) is 10.2. The molecule has 0 spiro atoms. The van der Waals surface area contributed by atoms with Gasteiger partial charge in [0.1, 0.15) is 5.65 Å². The molecule has 0 unspecified atom stereocenters. The number of aromatic amines is 1. The topological polar surface area (TPSA) is 50.2 Å². The van der Waals surface area contributed by atoms with E-state index in [4.69, 9.17) is 11.6 Å². The van der Waals surface area contributed by atoms with E-state index in [2.05, 4.69) is 9.97 Å². The molecule has 0 saturated carbocycles. The van der Waals surface area contributed by atoms with Crippen LogP contribution in [0.3, 0.4) is 0 Å². The average Bonchev–Trinajstić information content (AvgIpc) is 2.92. The molecule has 3 aromatic heterocycles. The molecule has 4 aromatic rings. The molecule has 0 bridgehead atoms. The number of H-pyrrole nitrogens is 1. The zero-order chi connectivity index (χ0) is 14.4. The van der Waals surface area contributed by atoms with Crippen LogP contribution in [0.2, 0.25) is 5.02 Å². The Morgan fingerprint density at radius 1 is 1.14 bits per heavy atom. The van der Waals surface area contributed by atoms with Gasteiger partial charge in [0.15, 0.2) is 0 Å². The smallest absolute Gasteiger partial charge is 0.248 e. The summed E-state index contributed by atoms with van der Waals surface area (Å²) in [5.74, 6) is 0. The fraction of sp³-hybridized carbons (Fsp3) is 0. The lowest BCUT2D eigenvalue weighted by molar-refractivity contribution is 1.19. The number of hydrogen-bond acceptors (Lipinski definition) is 2. The standard InChI is InChI=1S/C16H10ClN3O/c17-12-8-11(7-10-4-5-15(21)19-16(10)12)13-9-20-6-2-1-3-14(20)18-13/h1-9H,(H,19,21). The minimum Gasteiger partial charge on any atom is -0.321 e. The number of benzene rings is 1. The quantitative estimate of drug-likeness (QED) is 0.584. The Labute approximate surface area is 124 Å². The fourth-order valence-corrected chi connectivity index (χ4v) is 2.72. The van der Waals surface area contributed by atoms with Crippen LogP contribution in [0.25, 0.3) is 27.8 Å². The van der Waals surface area contributed by atoms with E-state index in [-0.39, 0.29) is 5.56 Å². The number of fused-ring (bicyclic) bond motifs is 2. The minimum absolute atomic E-state index is 0.162. The van der Waals surface area contributed by atoms with Gasteiger partial charge in [0.05, 0.1) is 16.2 Å². The largest absolute Gasteiger partial charge is 0.321 e. The van der Waals surface area contributed by atoms with Gasteiger partial charge in [-0.15, -0.1) is 0 Å². The number of halogens is 1. The molecule has 0 saturated heterocycles. The van der Waals surface area contributed by atoms with E-state index < -0.39 is 0 Å². The average molecular weight is 296 g/mol. The maximum atomic E-state index is 11.4. The molecular weight excluding hydrogens is 286 g/mol. The Bertz CT molecular complexity index is 999. The molecule has 1 N–H and O–H groups in total. The van der Waals surface area contributed by atoms with Gasteiger partial charge >= 0.3 is 0 Å². The highest BCUT2D eigenvalue weighted by Crippen LogP contribution is 2.28. The number of nitrogens with one attached hydrogen (secondary N) is 1. The second-order valence-electron chi connectivity index (χ2n) is 4.84. The van der Waals surface area contributed by atoms with Crippen LogP contribution in [-0.2, 0) is 0 Å². The summed E-state index contributed by atoms with van der Waals surface area (Å²) in [7, 11) is 0. The Morgan fingerprint density at radius 3 is 2.90 bits per heavy atom. The third-order valence-corrected chi connectivity index (χ3v) is 3.74. The van der Waals surface area contributed by atoms with Crippen molar-refractivity contribution in [3.8, 4) is 11.3 Å². The molecule has 0 fully saturated rings. The molecule has 21 heavy (non-hydrogen) atoms. The van der Waals surface area contributed by atoms with Gasteiger partial charge < -0.3 is 9.38 Å². The summed E-state index contributed by atoms with van der Waals surface area (Å²) in [6, 6.07) is 12.9. The molecule has 1 aromatic carbocycles. The molecule has 0 atom stereocenters. The third-order valence-electron chi connectivity index (χ3n) is 3.44. The van der Waals surface area contributed by atoms with Gasteiger partial charge in [-0.1, -0.05) is 17.7 Å². The van der Waals surface area contributed by atoms with Gasteiger partial charge in [0.2, 0.25) is 5.56 Å². The molecule has 0 aliphatic rings. The summed E-state index contributed by atoms with van der Waals surface area (Å²) in [6.45, 7) is 0. The number of nitrogens with zero attached hydrogens (tertiary/aromatic N) is 2. The highest BCUT2D eigenvalue weighted by atomic mass is 35.5. The summed E-state index contributed by atoms with van der Waals surface area (Å²) in [6.07, 6.45) is 3.91. The normalized spacial score (nSPS) is 11.3. The summed E-state index contributed by atoms with van der Waals surface area (Å²) in [5.41, 5.74) is 3.13. The lowest BCUT2D eigenvalue weighted by atomic mass is 10.1. The van der Waals surface area contributed by atoms with Crippen molar-refractivity contribution in [3.05, 3.63) is 70.2 Å². The second kappa shape index (κ2) is 4.46. The Hall–Kier alpha value is -2.59. The molecule has 0 aliphatic carbocycles. The fourth-order valence-electron chi connectivity index (χ4n) is 2.44. The van der Waals surface area contributed by atoms with Gasteiger partial charge in [-0.2, -0.15) is 0 Å². The van der Waals surface area contributed by atoms with E-state index in [0.29, 0.717) is 10.5 Å².